The first-order valence-electron chi connectivity index (χ1n) is 3.09. The van der Waals surface area contributed by atoms with E-state index in [4.69, 9.17) is 14.9 Å². The largest absolute Gasteiger partial charge is 0.512 e. The lowest BCUT2D eigenvalue weighted by molar-refractivity contribution is 0.245. The van der Waals surface area contributed by atoms with Crippen LogP contribution >= 0.6 is 0 Å². The summed E-state index contributed by atoms with van der Waals surface area (Å²) in [5.41, 5.74) is 0. The van der Waals surface area contributed by atoms with Crippen LogP contribution in [0.15, 0.2) is 23.4 Å². The molecule has 0 aliphatic heterocycles. The van der Waals surface area contributed by atoms with E-state index in [9.17, 15) is 0 Å². The number of rotatable bonds is 1. The van der Waals surface area contributed by atoms with Crippen molar-refractivity contribution in [3.05, 3.63) is 23.4 Å². The summed E-state index contributed by atoms with van der Waals surface area (Å²) >= 11 is 0. The Hall–Kier alpha value is -1.12. The maximum atomic E-state index is 9.09. The fourth-order valence-corrected chi connectivity index (χ4v) is 0.853. The SMILES string of the molecule is COC1=C(O)CCC(O)=C1. The molecule has 0 spiro atoms. The molecule has 0 amide bonds. The van der Waals surface area contributed by atoms with Gasteiger partial charge in [-0.1, -0.05) is 0 Å². The van der Waals surface area contributed by atoms with Crippen molar-refractivity contribution in [2.24, 2.45) is 0 Å². The highest BCUT2D eigenvalue weighted by molar-refractivity contribution is 5.22. The van der Waals surface area contributed by atoms with Crippen LogP contribution in [0, 0.1) is 0 Å². The van der Waals surface area contributed by atoms with E-state index in [0.29, 0.717) is 18.6 Å². The summed E-state index contributed by atoms with van der Waals surface area (Å²) < 4.78 is 4.77. The summed E-state index contributed by atoms with van der Waals surface area (Å²) in [7, 11) is 1.46. The Morgan fingerprint density at radius 1 is 1.40 bits per heavy atom. The number of hydrogen-bond donors (Lipinski definition) is 2. The van der Waals surface area contributed by atoms with Crippen molar-refractivity contribution in [1.82, 2.24) is 0 Å². The second-order valence-corrected chi connectivity index (χ2v) is 2.15. The molecular formula is C7H10O3. The van der Waals surface area contributed by atoms with Crippen molar-refractivity contribution in [3.8, 4) is 0 Å². The molecule has 10 heavy (non-hydrogen) atoms. The Bertz CT molecular complexity index is 191. The zero-order chi connectivity index (χ0) is 7.56. The smallest absolute Gasteiger partial charge is 0.159 e. The summed E-state index contributed by atoms with van der Waals surface area (Å²) in [5.74, 6) is 0.832. The molecule has 0 saturated carbocycles. The van der Waals surface area contributed by atoms with E-state index in [1.165, 1.54) is 13.2 Å². The lowest BCUT2D eigenvalue weighted by Crippen LogP contribution is -1.99. The summed E-state index contributed by atoms with van der Waals surface area (Å²) in [6.45, 7) is 0. The molecule has 0 aromatic rings. The van der Waals surface area contributed by atoms with Crippen LogP contribution in [-0.2, 0) is 4.74 Å². The molecule has 56 valence electrons. The highest BCUT2D eigenvalue weighted by Gasteiger charge is 2.11. The molecule has 0 saturated heterocycles. The first-order valence-corrected chi connectivity index (χ1v) is 3.09. The monoisotopic (exact) mass is 142 g/mol. The molecule has 1 aliphatic rings. The molecule has 1 aliphatic carbocycles. The Morgan fingerprint density at radius 3 is 2.60 bits per heavy atom. The summed E-state index contributed by atoms with van der Waals surface area (Å²) in [6.07, 6.45) is 2.39. The highest BCUT2D eigenvalue weighted by Crippen LogP contribution is 2.20. The van der Waals surface area contributed by atoms with Crippen LogP contribution in [0.25, 0.3) is 0 Å². The van der Waals surface area contributed by atoms with Crippen LogP contribution < -0.4 is 0 Å². The van der Waals surface area contributed by atoms with Crippen LogP contribution in [-0.4, -0.2) is 17.3 Å². The van der Waals surface area contributed by atoms with Gasteiger partial charge < -0.3 is 14.9 Å². The van der Waals surface area contributed by atoms with Crippen molar-refractivity contribution < 1.29 is 14.9 Å². The van der Waals surface area contributed by atoms with Gasteiger partial charge in [0.25, 0.3) is 0 Å². The molecule has 0 radical (unpaired) electrons. The number of allylic oxidation sites excluding steroid dienone is 3. The number of aliphatic hydroxyl groups is 2. The van der Waals surface area contributed by atoms with Gasteiger partial charge in [-0.2, -0.15) is 0 Å². The first kappa shape index (κ1) is 6.99. The van der Waals surface area contributed by atoms with E-state index in [0.717, 1.165) is 0 Å². The first-order chi connectivity index (χ1) is 4.74. The molecular weight excluding hydrogens is 132 g/mol. The Balaban J connectivity index is 2.82. The fourth-order valence-electron chi connectivity index (χ4n) is 0.853. The Morgan fingerprint density at radius 2 is 2.10 bits per heavy atom. The molecule has 3 heteroatoms. The standard InChI is InChI=1S/C7H10O3/c1-10-7-4-5(8)2-3-6(7)9/h4,8-9H,2-3H2,1H3. The maximum Gasteiger partial charge on any atom is 0.159 e. The van der Waals surface area contributed by atoms with E-state index >= 15 is 0 Å². The average molecular weight is 142 g/mol. The van der Waals surface area contributed by atoms with Gasteiger partial charge in [-0.25, -0.2) is 0 Å². The Kier molecular flexibility index (Phi) is 1.85. The molecule has 3 nitrogen and oxygen atoms in total. The van der Waals surface area contributed by atoms with Crippen molar-refractivity contribution in [3.63, 3.8) is 0 Å². The fraction of sp³-hybridized carbons (Fsp3) is 0.429. The molecule has 0 unspecified atom stereocenters. The van der Waals surface area contributed by atoms with E-state index in [-0.39, 0.29) is 11.5 Å². The van der Waals surface area contributed by atoms with Gasteiger partial charge in [0.15, 0.2) is 5.76 Å². The normalized spacial score (nSPS) is 18.7. The predicted molar refractivity (Wildman–Crippen MR) is 36.6 cm³/mol. The number of aliphatic hydroxyl groups excluding tert-OH is 2. The second kappa shape index (κ2) is 2.64. The van der Waals surface area contributed by atoms with Crippen LogP contribution in [0.5, 0.6) is 0 Å². The van der Waals surface area contributed by atoms with Crippen molar-refractivity contribution in [1.29, 1.82) is 0 Å². The molecule has 0 aromatic heterocycles. The zero-order valence-corrected chi connectivity index (χ0v) is 5.79. The summed E-state index contributed by atoms with van der Waals surface area (Å²) in [5, 5.41) is 18.0. The van der Waals surface area contributed by atoms with Gasteiger partial charge in [-0.05, 0) is 0 Å². The van der Waals surface area contributed by atoms with Gasteiger partial charge in [0.2, 0.25) is 0 Å². The van der Waals surface area contributed by atoms with Crippen LogP contribution in [0.2, 0.25) is 0 Å². The third kappa shape index (κ3) is 1.23. The van der Waals surface area contributed by atoms with Crippen molar-refractivity contribution in [2.45, 2.75) is 12.8 Å². The molecule has 0 aromatic carbocycles. The molecule has 0 fully saturated rings. The third-order valence-electron chi connectivity index (χ3n) is 1.42. The predicted octanol–water partition coefficient (Wildman–Crippen LogP) is 1.64. The number of methoxy groups -OCH3 is 1. The lowest BCUT2D eigenvalue weighted by atomic mass is 10.1. The topological polar surface area (TPSA) is 49.7 Å². The van der Waals surface area contributed by atoms with E-state index < -0.39 is 0 Å². The Labute approximate surface area is 59.2 Å². The van der Waals surface area contributed by atoms with E-state index in [2.05, 4.69) is 0 Å². The highest BCUT2D eigenvalue weighted by atomic mass is 16.5. The van der Waals surface area contributed by atoms with Gasteiger partial charge in [0, 0.05) is 18.9 Å². The minimum absolute atomic E-state index is 0.209. The molecule has 1 rings (SSSR count). The number of ether oxygens (including phenoxy) is 1. The van der Waals surface area contributed by atoms with Crippen LogP contribution in [0.1, 0.15) is 12.8 Å². The van der Waals surface area contributed by atoms with Gasteiger partial charge in [0.05, 0.1) is 12.9 Å². The quantitative estimate of drug-likeness (QED) is 0.585. The maximum absolute atomic E-state index is 9.09. The molecule has 0 bridgehead atoms. The van der Waals surface area contributed by atoms with Gasteiger partial charge in [-0.15, -0.1) is 0 Å². The van der Waals surface area contributed by atoms with Gasteiger partial charge in [0.1, 0.15) is 5.76 Å². The molecule has 2 N–H and O–H groups in total. The number of hydrogen-bond acceptors (Lipinski definition) is 3. The second-order valence-electron chi connectivity index (χ2n) is 2.15. The average Bonchev–Trinajstić information content (AvgIpc) is 1.94. The van der Waals surface area contributed by atoms with Crippen molar-refractivity contribution in [2.75, 3.05) is 7.11 Å². The van der Waals surface area contributed by atoms with Gasteiger partial charge in [-0.3, -0.25) is 0 Å². The minimum atomic E-state index is 0.209. The van der Waals surface area contributed by atoms with Crippen LogP contribution in [0.3, 0.4) is 0 Å². The summed E-state index contributed by atoms with van der Waals surface area (Å²) in [4.78, 5) is 0. The summed E-state index contributed by atoms with van der Waals surface area (Å²) in [6, 6.07) is 0. The zero-order valence-electron chi connectivity index (χ0n) is 5.79. The lowest BCUT2D eigenvalue weighted by Gasteiger charge is -2.11. The van der Waals surface area contributed by atoms with Gasteiger partial charge >= 0.3 is 0 Å². The minimum Gasteiger partial charge on any atom is -0.512 e. The molecule has 0 heterocycles. The van der Waals surface area contributed by atoms with E-state index in [1.54, 1.807) is 0 Å². The van der Waals surface area contributed by atoms with E-state index in [1.807, 2.05) is 0 Å². The van der Waals surface area contributed by atoms with Crippen LogP contribution in [0.4, 0.5) is 0 Å². The third-order valence-corrected chi connectivity index (χ3v) is 1.42. The van der Waals surface area contributed by atoms with Crippen molar-refractivity contribution >= 4 is 0 Å². The molecule has 0 atom stereocenters.